The van der Waals surface area contributed by atoms with Crippen molar-refractivity contribution in [1.29, 1.82) is 0 Å². The maximum atomic E-state index is 9.86. The maximum Gasteiger partial charge on any atom is 0.269 e. The topological polar surface area (TPSA) is 61.0 Å². The first kappa shape index (κ1) is 6.03. The summed E-state index contributed by atoms with van der Waals surface area (Å²) in [6, 6.07) is 1.34. The molecule has 6 heteroatoms. The molecule has 0 spiro atoms. The standard InChI is InChI=1S/C3H2ClN3O2/c4-3-1-2-6(5-3)7(8)9/h1-2H. The van der Waals surface area contributed by atoms with Crippen LogP contribution in [0.1, 0.15) is 0 Å². The second-order valence-corrected chi connectivity index (χ2v) is 1.68. The molecule has 0 radical (unpaired) electrons. The van der Waals surface area contributed by atoms with Crippen LogP contribution in [-0.4, -0.2) is 14.9 Å². The summed E-state index contributed by atoms with van der Waals surface area (Å²) in [6.45, 7) is 0. The van der Waals surface area contributed by atoms with Gasteiger partial charge in [-0.15, -0.1) is 0 Å². The Labute approximate surface area is 55.0 Å². The Morgan fingerprint density at radius 1 is 1.89 bits per heavy atom. The Balaban J connectivity index is 2.98. The molecule has 48 valence electrons. The molecule has 0 saturated heterocycles. The lowest BCUT2D eigenvalue weighted by molar-refractivity contribution is -0.552. The van der Waals surface area contributed by atoms with E-state index in [0.29, 0.717) is 4.79 Å². The zero-order valence-electron chi connectivity index (χ0n) is 4.19. The van der Waals surface area contributed by atoms with Crippen LogP contribution in [0.3, 0.4) is 0 Å². The van der Waals surface area contributed by atoms with Gasteiger partial charge in [-0.05, 0) is 11.6 Å². The number of hydrogen-bond acceptors (Lipinski definition) is 3. The van der Waals surface area contributed by atoms with E-state index in [9.17, 15) is 10.1 Å². The summed E-state index contributed by atoms with van der Waals surface area (Å²) in [5, 5.41) is 12.6. The number of rotatable bonds is 1. The Morgan fingerprint density at radius 2 is 2.56 bits per heavy atom. The molecule has 0 atom stereocenters. The highest BCUT2D eigenvalue weighted by Crippen LogP contribution is 2.00. The lowest BCUT2D eigenvalue weighted by Gasteiger charge is -1.85. The van der Waals surface area contributed by atoms with Crippen molar-refractivity contribution in [3.05, 3.63) is 27.5 Å². The second kappa shape index (κ2) is 2.02. The Kier molecular flexibility index (Phi) is 1.35. The van der Waals surface area contributed by atoms with Gasteiger partial charge in [0, 0.05) is 10.9 Å². The van der Waals surface area contributed by atoms with Crippen molar-refractivity contribution in [2.75, 3.05) is 0 Å². The van der Waals surface area contributed by atoms with Gasteiger partial charge in [0.2, 0.25) is 0 Å². The molecule has 0 saturated carbocycles. The number of aromatic nitrogens is 2. The van der Waals surface area contributed by atoms with Gasteiger partial charge in [0.1, 0.15) is 6.20 Å². The average molecular weight is 148 g/mol. The molecular formula is C3H2ClN3O2. The normalized spacial score (nSPS) is 9.44. The minimum Gasteiger partial charge on any atom is -0.339 e. The zero-order valence-corrected chi connectivity index (χ0v) is 4.95. The van der Waals surface area contributed by atoms with Crippen LogP contribution in [0.5, 0.6) is 0 Å². The second-order valence-electron chi connectivity index (χ2n) is 1.30. The highest BCUT2D eigenvalue weighted by Gasteiger charge is 2.03. The summed E-state index contributed by atoms with van der Waals surface area (Å²) in [7, 11) is 0. The zero-order chi connectivity index (χ0) is 6.85. The van der Waals surface area contributed by atoms with E-state index in [2.05, 4.69) is 5.10 Å². The van der Waals surface area contributed by atoms with E-state index in [1.165, 1.54) is 12.3 Å². The maximum absolute atomic E-state index is 9.86. The predicted octanol–water partition coefficient (Wildman–Crippen LogP) is 0.576. The van der Waals surface area contributed by atoms with E-state index >= 15 is 0 Å². The van der Waals surface area contributed by atoms with Crippen LogP contribution in [0.25, 0.3) is 0 Å². The lowest BCUT2D eigenvalue weighted by atomic mass is 10.8. The predicted molar refractivity (Wildman–Crippen MR) is 29.6 cm³/mol. The van der Waals surface area contributed by atoms with Crippen molar-refractivity contribution < 1.29 is 5.03 Å². The molecule has 0 aliphatic rings. The van der Waals surface area contributed by atoms with Gasteiger partial charge in [-0.2, -0.15) is 0 Å². The summed E-state index contributed by atoms with van der Waals surface area (Å²) < 4.78 is 0. The molecule has 0 bridgehead atoms. The summed E-state index contributed by atoms with van der Waals surface area (Å²) in [6.07, 6.45) is 1.17. The van der Waals surface area contributed by atoms with Crippen molar-refractivity contribution in [3.8, 4) is 0 Å². The van der Waals surface area contributed by atoms with E-state index in [4.69, 9.17) is 11.6 Å². The van der Waals surface area contributed by atoms with Crippen LogP contribution in [0.4, 0.5) is 0 Å². The van der Waals surface area contributed by atoms with Gasteiger partial charge in [0.15, 0.2) is 0 Å². The SMILES string of the molecule is O=[N+]([O-])n1ccc(Cl)n1. The monoisotopic (exact) mass is 147 g/mol. The molecule has 0 aliphatic heterocycles. The van der Waals surface area contributed by atoms with Crippen molar-refractivity contribution in [3.63, 3.8) is 0 Å². The number of nitrogens with zero attached hydrogens (tertiary/aromatic N) is 3. The van der Waals surface area contributed by atoms with E-state index in [0.717, 1.165) is 0 Å². The quantitative estimate of drug-likeness (QED) is 0.431. The van der Waals surface area contributed by atoms with Gasteiger partial charge in [-0.1, -0.05) is 0 Å². The number of hydrogen-bond donors (Lipinski definition) is 0. The van der Waals surface area contributed by atoms with Crippen molar-refractivity contribution in [1.82, 2.24) is 9.89 Å². The van der Waals surface area contributed by atoms with E-state index in [-0.39, 0.29) is 5.15 Å². The Morgan fingerprint density at radius 3 is 2.78 bits per heavy atom. The third kappa shape index (κ3) is 1.17. The first-order valence-electron chi connectivity index (χ1n) is 2.06. The van der Waals surface area contributed by atoms with Crippen molar-refractivity contribution in [2.45, 2.75) is 0 Å². The van der Waals surface area contributed by atoms with Crippen LogP contribution in [0, 0.1) is 10.1 Å². The van der Waals surface area contributed by atoms with Crippen LogP contribution < -0.4 is 0 Å². The third-order valence-corrected chi connectivity index (χ3v) is 0.912. The van der Waals surface area contributed by atoms with Crippen molar-refractivity contribution in [2.24, 2.45) is 0 Å². The largest absolute Gasteiger partial charge is 0.339 e. The fraction of sp³-hybridized carbons (Fsp3) is 0. The number of nitro groups is 1. The Hall–Kier alpha value is -1.10. The minimum atomic E-state index is -0.675. The molecule has 0 aliphatic carbocycles. The van der Waals surface area contributed by atoms with Crippen LogP contribution in [0.2, 0.25) is 5.15 Å². The molecule has 0 aromatic carbocycles. The fourth-order valence-electron chi connectivity index (χ4n) is 0.384. The fourth-order valence-corrected chi connectivity index (χ4v) is 0.517. The highest BCUT2D eigenvalue weighted by molar-refractivity contribution is 6.29. The molecule has 1 heterocycles. The van der Waals surface area contributed by atoms with Gasteiger partial charge in [0.05, 0.1) is 10.1 Å². The molecule has 9 heavy (non-hydrogen) atoms. The minimum absolute atomic E-state index is 0.117. The smallest absolute Gasteiger partial charge is 0.269 e. The summed E-state index contributed by atoms with van der Waals surface area (Å²) >= 11 is 5.27. The first-order valence-corrected chi connectivity index (χ1v) is 2.44. The van der Waals surface area contributed by atoms with Gasteiger partial charge in [0.25, 0.3) is 5.15 Å². The molecule has 0 N–H and O–H groups in total. The summed E-state index contributed by atoms with van der Waals surface area (Å²) in [4.78, 5) is 10.4. The molecule has 1 aromatic heterocycles. The van der Waals surface area contributed by atoms with Gasteiger partial charge in [-0.3, -0.25) is 0 Å². The molecule has 0 unspecified atom stereocenters. The molecule has 0 amide bonds. The molecule has 5 nitrogen and oxygen atoms in total. The third-order valence-electron chi connectivity index (χ3n) is 0.711. The van der Waals surface area contributed by atoms with Crippen LogP contribution in [0.15, 0.2) is 12.3 Å². The highest BCUT2D eigenvalue weighted by atomic mass is 35.5. The first-order chi connectivity index (χ1) is 4.20. The van der Waals surface area contributed by atoms with Gasteiger partial charge >= 0.3 is 0 Å². The lowest BCUT2D eigenvalue weighted by Crippen LogP contribution is -2.08. The van der Waals surface area contributed by atoms with Crippen molar-refractivity contribution >= 4 is 11.6 Å². The average Bonchev–Trinajstić information content (AvgIpc) is 2.14. The molecule has 1 rings (SSSR count). The van der Waals surface area contributed by atoms with E-state index < -0.39 is 5.03 Å². The number of halogens is 1. The molecular weight excluding hydrogens is 146 g/mol. The molecule has 0 fully saturated rings. The Bertz CT molecular complexity index is 233. The molecule has 1 aromatic rings. The summed E-state index contributed by atoms with van der Waals surface area (Å²) in [5.74, 6) is 0. The van der Waals surface area contributed by atoms with Crippen LogP contribution >= 0.6 is 11.6 Å². The van der Waals surface area contributed by atoms with Gasteiger partial charge in [-0.25, -0.2) is 0 Å². The summed E-state index contributed by atoms with van der Waals surface area (Å²) in [5.41, 5.74) is 0. The van der Waals surface area contributed by atoms with E-state index in [1.54, 1.807) is 0 Å². The van der Waals surface area contributed by atoms with Gasteiger partial charge < -0.3 is 10.1 Å². The van der Waals surface area contributed by atoms with Crippen LogP contribution in [-0.2, 0) is 0 Å². The van der Waals surface area contributed by atoms with E-state index in [1.807, 2.05) is 0 Å².